The molecule has 1 amide bonds. The summed E-state index contributed by atoms with van der Waals surface area (Å²) in [6, 6.07) is 9.41. The van der Waals surface area contributed by atoms with Gasteiger partial charge in [-0.2, -0.15) is 0 Å². The van der Waals surface area contributed by atoms with Crippen molar-refractivity contribution in [1.29, 1.82) is 0 Å². The Morgan fingerprint density at radius 1 is 1.12 bits per heavy atom. The predicted molar refractivity (Wildman–Crippen MR) is 94.0 cm³/mol. The van der Waals surface area contributed by atoms with Gasteiger partial charge in [0.2, 0.25) is 5.91 Å². The van der Waals surface area contributed by atoms with Gasteiger partial charge in [0.05, 0.1) is 6.10 Å². The number of amides is 1. The summed E-state index contributed by atoms with van der Waals surface area (Å²) in [6.45, 7) is 0.528. The van der Waals surface area contributed by atoms with E-state index in [4.69, 9.17) is 0 Å². The van der Waals surface area contributed by atoms with Crippen LogP contribution in [0.15, 0.2) is 30.3 Å². The van der Waals surface area contributed by atoms with Crippen molar-refractivity contribution in [2.75, 3.05) is 13.1 Å². The molecule has 0 bridgehead atoms. The van der Waals surface area contributed by atoms with Gasteiger partial charge in [-0.05, 0) is 31.2 Å². The van der Waals surface area contributed by atoms with Crippen molar-refractivity contribution in [2.45, 2.75) is 51.0 Å². The zero-order valence-electron chi connectivity index (χ0n) is 14.6. The molecule has 3 rings (SSSR count). The molecule has 25 heavy (non-hydrogen) atoms. The summed E-state index contributed by atoms with van der Waals surface area (Å²) in [5.41, 5.74) is -0.318. The second-order valence-electron chi connectivity index (χ2n) is 7.51. The molecule has 1 saturated heterocycles. The van der Waals surface area contributed by atoms with E-state index in [9.17, 15) is 19.8 Å². The summed E-state index contributed by atoms with van der Waals surface area (Å²) < 4.78 is 0. The van der Waals surface area contributed by atoms with E-state index in [0.29, 0.717) is 6.54 Å². The first-order valence-electron chi connectivity index (χ1n) is 9.27. The number of carbonyl (C=O) groups excluding carboxylic acids is 1. The first-order valence-corrected chi connectivity index (χ1v) is 9.27. The fourth-order valence-electron chi connectivity index (χ4n) is 4.28. The minimum absolute atomic E-state index is 0.0485. The number of aliphatic hydroxyl groups excluding tert-OH is 1. The van der Waals surface area contributed by atoms with Gasteiger partial charge in [0.25, 0.3) is 0 Å². The van der Waals surface area contributed by atoms with E-state index in [0.717, 1.165) is 31.2 Å². The molecule has 5 heteroatoms. The van der Waals surface area contributed by atoms with E-state index in [1.54, 1.807) is 4.90 Å². The van der Waals surface area contributed by atoms with Crippen LogP contribution in [0.5, 0.6) is 0 Å². The minimum Gasteiger partial charge on any atom is -0.481 e. The number of carboxylic acids is 1. The van der Waals surface area contributed by atoms with E-state index in [2.05, 4.69) is 0 Å². The van der Waals surface area contributed by atoms with E-state index in [1.807, 2.05) is 30.3 Å². The van der Waals surface area contributed by atoms with Crippen LogP contribution < -0.4 is 0 Å². The smallest absolute Gasteiger partial charge is 0.312 e. The van der Waals surface area contributed by atoms with Crippen LogP contribution >= 0.6 is 0 Å². The van der Waals surface area contributed by atoms with Gasteiger partial charge in [0, 0.05) is 19.0 Å². The number of aliphatic carboxylic acids is 1. The van der Waals surface area contributed by atoms with Crippen molar-refractivity contribution in [3.05, 3.63) is 35.9 Å². The lowest BCUT2D eigenvalue weighted by Crippen LogP contribution is -2.57. The Morgan fingerprint density at radius 2 is 1.80 bits per heavy atom. The molecule has 1 saturated carbocycles. The third-order valence-corrected chi connectivity index (χ3v) is 5.91. The Balaban J connectivity index is 1.71. The standard InChI is InChI=1S/C20H27NO4/c22-17-14-21(18(23)16-9-5-2-6-10-16)12-11-20(17,19(24)25)13-15-7-3-1-4-8-15/h1,3-4,7-8,16-17,22H,2,5-6,9-14H2,(H,24,25)/t17-,20-/m1/s1. The third-order valence-electron chi connectivity index (χ3n) is 5.91. The maximum absolute atomic E-state index is 12.7. The van der Waals surface area contributed by atoms with Crippen LogP contribution in [0, 0.1) is 11.3 Å². The molecule has 2 atom stereocenters. The molecule has 1 aromatic carbocycles. The molecule has 1 aliphatic carbocycles. The zero-order chi connectivity index (χ0) is 17.9. The molecule has 2 aliphatic rings. The van der Waals surface area contributed by atoms with Gasteiger partial charge in [-0.3, -0.25) is 9.59 Å². The Labute approximate surface area is 148 Å². The molecule has 0 spiro atoms. The Bertz CT molecular complexity index is 611. The van der Waals surface area contributed by atoms with E-state index in [-0.39, 0.29) is 31.2 Å². The van der Waals surface area contributed by atoms with Crippen LogP contribution in [0.4, 0.5) is 0 Å². The monoisotopic (exact) mass is 345 g/mol. The molecule has 0 radical (unpaired) electrons. The Morgan fingerprint density at radius 3 is 2.40 bits per heavy atom. The molecule has 1 aromatic rings. The summed E-state index contributed by atoms with van der Waals surface area (Å²) in [6.07, 6.45) is 4.71. The highest BCUT2D eigenvalue weighted by Crippen LogP contribution is 2.37. The quantitative estimate of drug-likeness (QED) is 0.879. The molecule has 2 N–H and O–H groups in total. The highest BCUT2D eigenvalue weighted by molar-refractivity contribution is 5.80. The van der Waals surface area contributed by atoms with Crippen molar-refractivity contribution in [2.24, 2.45) is 11.3 Å². The van der Waals surface area contributed by atoms with Gasteiger partial charge in [-0.1, -0.05) is 49.6 Å². The Kier molecular flexibility index (Phi) is 5.42. The highest BCUT2D eigenvalue weighted by Gasteiger charge is 2.49. The second kappa shape index (κ2) is 7.56. The van der Waals surface area contributed by atoms with Gasteiger partial charge in [-0.25, -0.2) is 0 Å². The molecule has 1 heterocycles. The summed E-state index contributed by atoms with van der Waals surface area (Å²) in [5.74, 6) is -0.835. The van der Waals surface area contributed by atoms with Crippen LogP contribution in [0.25, 0.3) is 0 Å². The second-order valence-corrected chi connectivity index (χ2v) is 7.51. The topological polar surface area (TPSA) is 77.8 Å². The number of β-amino-alcohol motifs (C(OH)–C–C–N with tert-alkyl or cyclic N) is 1. The molecule has 2 fully saturated rings. The SMILES string of the molecule is O=C(C1CCCCC1)N1CC[C@](Cc2ccccc2)(C(=O)O)[C@H](O)C1. The first kappa shape index (κ1) is 17.9. The molecule has 0 unspecified atom stereocenters. The van der Waals surface area contributed by atoms with Gasteiger partial charge >= 0.3 is 5.97 Å². The number of carbonyl (C=O) groups is 2. The van der Waals surface area contributed by atoms with Crippen LogP contribution in [0.3, 0.4) is 0 Å². The average molecular weight is 345 g/mol. The van der Waals surface area contributed by atoms with Crippen molar-refractivity contribution < 1.29 is 19.8 Å². The predicted octanol–water partition coefficient (Wildman–Crippen LogP) is 2.47. The maximum Gasteiger partial charge on any atom is 0.312 e. The van der Waals surface area contributed by atoms with Crippen LogP contribution in [0.1, 0.15) is 44.1 Å². The van der Waals surface area contributed by atoms with Crippen molar-refractivity contribution >= 4 is 11.9 Å². The molecule has 136 valence electrons. The lowest BCUT2D eigenvalue weighted by atomic mass is 9.71. The molecule has 0 aromatic heterocycles. The summed E-state index contributed by atoms with van der Waals surface area (Å²) in [7, 11) is 0. The van der Waals surface area contributed by atoms with Crippen molar-refractivity contribution in [3.8, 4) is 0 Å². The highest BCUT2D eigenvalue weighted by atomic mass is 16.4. The van der Waals surface area contributed by atoms with Gasteiger partial charge in [-0.15, -0.1) is 0 Å². The number of nitrogens with zero attached hydrogens (tertiary/aromatic N) is 1. The number of hydrogen-bond donors (Lipinski definition) is 2. The molecule has 1 aliphatic heterocycles. The van der Waals surface area contributed by atoms with E-state index in [1.165, 1.54) is 6.42 Å². The lowest BCUT2D eigenvalue weighted by Gasteiger charge is -2.44. The summed E-state index contributed by atoms with van der Waals surface area (Å²) in [4.78, 5) is 26.4. The minimum atomic E-state index is -1.22. The fraction of sp³-hybridized carbons (Fsp3) is 0.600. The maximum atomic E-state index is 12.7. The number of likely N-dealkylation sites (tertiary alicyclic amines) is 1. The van der Waals surface area contributed by atoms with Gasteiger partial charge in [0.1, 0.15) is 5.41 Å². The normalized spacial score (nSPS) is 27.9. The first-order chi connectivity index (χ1) is 12.0. The van der Waals surface area contributed by atoms with Crippen LogP contribution in [-0.2, 0) is 16.0 Å². The Hall–Kier alpha value is -1.88. The van der Waals surface area contributed by atoms with Crippen LogP contribution in [0.2, 0.25) is 0 Å². The zero-order valence-corrected chi connectivity index (χ0v) is 14.6. The summed E-state index contributed by atoms with van der Waals surface area (Å²) in [5, 5.41) is 20.5. The third kappa shape index (κ3) is 3.71. The number of rotatable bonds is 4. The van der Waals surface area contributed by atoms with E-state index < -0.39 is 17.5 Å². The van der Waals surface area contributed by atoms with Gasteiger partial charge in [0.15, 0.2) is 0 Å². The lowest BCUT2D eigenvalue weighted by molar-refractivity contribution is -0.167. The fourth-order valence-corrected chi connectivity index (χ4v) is 4.28. The summed E-state index contributed by atoms with van der Waals surface area (Å²) >= 11 is 0. The average Bonchev–Trinajstić information content (AvgIpc) is 2.64. The number of aliphatic hydroxyl groups is 1. The number of piperidine rings is 1. The van der Waals surface area contributed by atoms with Crippen LogP contribution in [-0.4, -0.2) is 46.2 Å². The number of hydrogen-bond acceptors (Lipinski definition) is 3. The van der Waals surface area contributed by atoms with Crippen molar-refractivity contribution in [3.63, 3.8) is 0 Å². The van der Waals surface area contributed by atoms with Crippen molar-refractivity contribution in [1.82, 2.24) is 4.90 Å². The largest absolute Gasteiger partial charge is 0.481 e. The van der Waals surface area contributed by atoms with Gasteiger partial charge < -0.3 is 15.1 Å². The number of carboxylic acid groups (broad SMARTS) is 1. The molecular weight excluding hydrogens is 318 g/mol. The van der Waals surface area contributed by atoms with E-state index >= 15 is 0 Å². The molecular formula is C20H27NO4. The number of benzene rings is 1. The molecule has 5 nitrogen and oxygen atoms in total.